The lowest BCUT2D eigenvalue weighted by Crippen LogP contribution is -2.28. The third-order valence-electron chi connectivity index (χ3n) is 7.06. The average molecular weight is 621 g/mol. The second kappa shape index (κ2) is 11.3. The van der Waals surface area contributed by atoms with Gasteiger partial charge < -0.3 is 19.9 Å². The fraction of sp³-hybridized carbons (Fsp3) is 0.281. The summed E-state index contributed by atoms with van der Waals surface area (Å²) in [6.07, 6.45) is 2.95. The number of aryl methyl sites for hydroxylation is 1. The summed E-state index contributed by atoms with van der Waals surface area (Å²) in [6, 6.07) is 12.0. The molecule has 8 nitrogen and oxygen atoms in total. The molecule has 6 rings (SSSR count). The van der Waals surface area contributed by atoms with Gasteiger partial charge in [-0.05, 0) is 69.2 Å². The number of anilines is 1. The van der Waals surface area contributed by atoms with Gasteiger partial charge in [0.15, 0.2) is 6.10 Å². The number of benzene rings is 2. The van der Waals surface area contributed by atoms with E-state index in [0.717, 1.165) is 10.4 Å². The van der Waals surface area contributed by atoms with Crippen LogP contribution in [0.25, 0.3) is 27.3 Å². The first-order chi connectivity index (χ1) is 20.5. The van der Waals surface area contributed by atoms with E-state index in [9.17, 15) is 14.3 Å². The fourth-order valence-corrected chi connectivity index (χ4v) is 6.48. The Balaban J connectivity index is 1.52. The van der Waals surface area contributed by atoms with E-state index < -0.39 is 17.7 Å². The second-order valence-corrected chi connectivity index (χ2v) is 12.9. The molecule has 2 N–H and O–H groups in total. The number of hydrogen-bond acceptors (Lipinski definition) is 7. The van der Waals surface area contributed by atoms with Crippen molar-refractivity contribution in [1.29, 1.82) is 0 Å². The van der Waals surface area contributed by atoms with Crippen molar-refractivity contribution in [2.24, 2.45) is 0 Å². The van der Waals surface area contributed by atoms with Crippen molar-refractivity contribution in [3.63, 3.8) is 0 Å². The summed E-state index contributed by atoms with van der Waals surface area (Å²) >= 11 is 8.52. The monoisotopic (exact) mass is 620 g/mol. The van der Waals surface area contributed by atoms with Crippen LogP contribution in [0.2, 0.25) is 5.02 Å². The fourth-order valence-electron chi connectivity index (χ4n) is 5.26. The lowest BCUT2D eigenvalue weighted by molar-refractivity contribution is -0.160. The number of pyridine rings is 1. The number of fused-ring (bicyclic) bond motifs is 2. The van der Waals surface area contributed by atoms with E-state index in [1.807, 2.05) is 45.9 Å². The van der Waals surface area contributed by atoms with Crippen LogP contribution < -0.4 is 10.1 Å². The Morgan fingerprint density at radius 2 is 2.02 bits per heavy atom. The van der Waals surface area contributed by atoms with Crippen molar-refractivity contribution in [3.8, 4) is 27.6 Å². The van der Waals surface area contributed by atoms with Gasteiger partial charge in [-0.3, -0.25) is 0 Å². The highest BCUT2D eigenvalue weighted by Crippen LogP contribution is 2.46. The number of hydrogen-bond donors (Lipinski definition) is 2. The lowest BCUT2D eigenvalue weighted by Gasteiger charge is -2.29. The van der Waals surface area contributed by atoms with Crippen molar-refractivity contribution in [3.05, 3.63) is 87.3 Å². The third kappa shape index (κ3) is 5.82. The predicted octanol–water partition coefficient (Wildman–Crippen LogP) is 7.56. The van der Waals surface area contributed by atoms with Crippen molar-refractivity contribution >= 4 is 40.1 Å². The Morgan fingerprint density at radius 1 is 1.26 bits per heavy atom. The normalized spacial score (nSPS) is 13.8. The van der Waals surface area contributed by atoms with Gasteiger partial charge in [0.05, 0.1) is 21.8 Å². The summed E-state index contributed by atoms with van der Waals surface area (Å²) in [5.41, 5.74) is 4.62. The first kappa shape index (κ1) is 29.1. The number of halogens is 2. The summed E-state index contributed by atoms with van der Waals surface area (Å²) in [6.45, 7) is 8.44. The Morgan fingerprint density at radius 3 is 2.74 bits per heavy atom. The maximum Gasteiger partial charge on any atom is 0.337 e. The van der Waals surface area contributed by atoms with Crippen LogP contribution in [-0.2, 0) is 16.0 Å². The van der Waals surface area contributed by atoms with Gasteiger partial charge in [0.1, 0.15) is 28.9 Å². The molecule has 0 radical (unpaired) electrons. The number of carboxylic acid groups (broad SMARTS) is 1. The number of carbonyl (C=O) groups is 1. The van der Waals surface area contributed by atoms with Crippen molar-refractivity contribution < 1.29 is 23.8 Å². The van der Waals surface area contributed by atoms with E-state index in [4.69, 9.17) is 26.2 Å². The van der Waals surface area contributed by atoms with Crippen LogP contribution in [0.4, 0.5) is 10.1 Å². The minimum Gasteiger partial charge on any atom is -0.490 e. The zero-order valence-electron chi connectivity index (χ0n) is 24.1. The van der Waals surface area contributed by atoms with E-state index in [-0.39, 0.29) is 5.82 Å². The number of nitrogens with zero attached hydrogens (tertiary/aromatic N) is 3. The SMILES string of the molecule is Cc1cn2nc(-c3ncc(Cc4ccc(F)cc4)s3)cc2c(-c2ccc3c(c2Cl)NCCO3)c1[C@H](OC(C)(C)C)C(=O)O. The number of ether oxygens (including phenoxy) is 2. The molecule has 0 fully saturated rings. The topological polar surface area (TPSA) is 98.0 Å². The molecule has 0 saturated carbocycles. The van der Waals surface area contributed by atoms with Gasteiger partial charge in [-0.2, -0.15) is 5.10 Å². The van der Waals surface area contributed by atoms with Crippen LogP contribution in [0, 0.1) is 12.7 Å². The van der Waals surface area contributed by atoms with Crippen LogP contribution in [0.15, 0.2) is 54.9 Å². The zero-order valence-corrected chi connectivity index (χ0v) is 25.6. The largest absolute Gasteiger partial charge is 0.490 e. The number of carboxylic acids is 1. The molecule has 0 spiro atoms. The van der Waals surface area contributed by atoms with Gasteiger partial charge in [-0.1, -0.05) is 23.7 Å². The van der Waals surface area contributed by atoms with Crippen LogP contribution in [0.5, 0.6) is 5.75 Å². The molecule has 1 atom stereocenters. The molecule has 11 heteroatoms. The van der Waals surface area contributed by atoms with Gasteiger partial charge in [0, 0.05) is 46.9 Å². The maximum atomic E-state index is 13.4. The summed E-state index contributed by atoms with van der Waals surface area (Å²) in [5.74, 6) is -0.745. The van der Waals surface area contributed by atoms with Gasteiger partial charge in [-0.25, -0.2) is 18.7 Å². The summed E-state index contributed by atoms with van der Waals surface area (Å²) in [4.78, 5) is 18.4. The highest BCUT2D eigenvalue weighted by Gasteiger charge is 2.33. The van der Waals surface area contributed by atoms with Gasteiger partial charge in [0.25, 0.3) is 0 Å². The highest BCUT2D eigenvalue weighted by molar-refractivity contribution is 7.15. The Bertz CT molecular complexity index is 1850. The molecule has 43 heavy (non-hydrogen) atoms. The average Bonchev–Trinajstić information content (AvgIpc) is 3.59. The Hall–Kier alpha value is -3.99. The minimum atomic E-state index is -1.27. The Kier molecular flexibility index (Phi) is 7.62. The molecule has 0 aliphatic carbocycles. The number of aromatic nitrogens is 3. The van der Waals surface area contributed by atoms with Gasteiger partial charge in [-0.15, -0.1) is 11.3 Å². The molecular weight excluding hydrogens is 591 g/mol. The molecule has 1 aliphatic rings. The van der Waals surface area contributed by atoms with Crippen LogP contribution in [-0.4, -0.2) is 44.4 Å². The number of rotatable bonds is 7. The lowest BCUT2D eigenvalue weighted by atomic mass is 9.91. The second-order valence-electron chi connectivity index (χ2n) is 11.4. The summed E-state index contributed by atoms with van der Waals surface area (Å²) in [7, 11) is 0. The summed E-state index contributed by atoms with van der Waals surface area (Å²) in [5, 5.41) is 19.7. The number of thiazole rings is 1. The smallest absolute Gasteiger partial charge is 0.337 e. The molecule has 3 aromatic heterocycles. The maximum absolute atomic E-state index is 13.4. The quantitative estimate of drug-likeness (QED) is 0.194. The minimum absolute atomic E-state index is 0.274. The third-order valence-corrected chi connectivity index (χ3v) is 8.47. The molecule has 222 valence electrons. The standard InChI is InChI=1S/C32H30ClFN4O4S/c1-17-16-38-23(14-22(37-38)30-36-15-20(43-30)13-18-5-7-19(34)8-6-18)26(25(17)29(31(39)40)42-32(2,3)4)21-9-10-24-28(27(21)33)35-11-12-41-24/h5-10,14-16,29,35H,11-13H2,1-4H3,(H,39,40)/t29-/m0/s1. The molecule has 5 aromatic rings. The molecule has 4 heterocycles. The molecule has 0 saturated heterocycles. The van der Waals surface area contributed by atoms with E-state index in [1.54, 1.807) is 29.0 Å². The number of aliphatic carboxylic acids is 1. The van der Waals surface area contributed by atoms with Crippen molar-refractivity contribution in [2.75, 3.05) is 18.5 Å². The predicted molar refractivity (Wildman–Crippen MR) is 166 cm³/mol. The first-order valence-corrected chi connectivity index (χ1v) is 15.0. The van der Waals surface area contributed by atoms with Gasteiger partial charge in [0.2, 0.25) is 0 Å². The molecule has 0 unspecified atom stereocenters. The van der Waals surface area contributed by atoms with Crippen LogP contribution >= 0.6 is 22.9 Å². The highest BCUT2D eigenvalue weighted by atomic mass is 35.5. The van der Waals surface area contributed by atoms with E-state index in [0.29, 0.717) is 74.5 Å². The molecule has 2 aromatic carbocycles. The molecule has 1 aliphatic heterocycles. The molecule has 0 amide bonds. The molecule has 0 bridgehead atoms. The van der Waals surface area contributed by atoms with Crippen LogP contribution in [0.3, 0.4) is 0 Å². The van der Waals surface area contributed by atoms with E-state index >= 15 is 0 Å². The van der Waals surface area contributed by atoms with Crippen molar-refractivity contribution in [1.82, 2.24) is 14.6 Å². The first-order valence-electron chi connectivity index (χ1n) is 13.8. The van der Waals surface area contributed by atoms with Gasteiger partial charge >= 0.3 is 5.97 Å². The molecular formula is C32H30ClFN4O4S. The van der Waals surface area contributed by atoms with E-state index in [1.165, 1.54) is 23.5 Å². The van der Waals surface area contributed by atoms with E-state index in [2.05, 4.69) is 10.3 Å². The summed E-state index contributed by atoms with van der Waals surface area (Å²) < 4.78 is 27.0. The zero-order chi connectivity index (χ0) is 30.5. The Labute approximate surface area is 257 Å². The van der Waals surface area contributed by atoms with Crippen LogP contribution in [0.1, 0.15) is 48.4 Å². The van der Waals surface area contributed by atoms with Crippen molar-refractivity contribution in [2.45, 2.75) is 45.8 Å². The number of nitrogens with one attached hydrogen (secondary N) is 1.